The molecule has 4 saturated heterocycles. The van der Waals surface area contributed by atoms with Crippen molar-refractivity contribution in [2.45, 2.75) is 205 Å². The zero-order valence-electron chi connectivity index (χ0n) is 47.9. The van der Waals surface area contributed by atoms with Gasteiger partial charge in [0.15, 0.2) is 30.4 Å². The SMILES string of the molecule is CC[C@H]1OC(=O)[C@H](C)[C@@H](O[C@H]2C[C@@](C)(OC)[C@@H](OC(=O)OCc3ccccc3)[C@H](C)O2)[C@H](C)[C@@H](O[C@@H]2O[C@H](C)C[C@H](N(C)C)[C@H]2OC(C)=O)[C@](C)(OC)C[C@@H](C)C(=O)[C@H](C)[C@H]2[C@H](SCCCc3ccccn3)C(=O)O[C@@]21C. The van der Waals surface area contributed by atoms with Gasteiger partial charge < -0.3 is 57.0 Å². The maximum absolute atomic E-state index is 15.3. The lowest BCUT2D eigenvalue weighted by Gasteiger charge is -2.50. The Balaban J connectivity index is 1.40. The maximum atomic E-state index is 15.3. The Morgan fingerprint density at radius 2 is 1.49 bits per heavy atom. The minimum Gasteiger partial charge on any atom is -0.458 e. The molecule has 0 aliphatic carbocycles. The van der Waals surface area contributed by atoms with E-state index in [9.17, 15) is 14.4 Å². The topological polar surface area (TPSA) is 203 Å². The second kappa shape index (κ2) is 26.8. The molecule has 6 rings (SSSR count). The second-order valence-corrected chi connectivity index (χ2v) is 23.8. The molecule has 19 atom stereocenters. The number of fused-ring (bicyclic) bond motifs is 1. The van der Waals surface area contributed by atoms with Crippen LogP contribution in [0.25, 0.3) is 0 Å². The summed E-state index contributed by atoms with van der Waals surface area (Å²) in [5, 5.41) is -0.749. The maximum Gasteiger partial charge on any atom is 0.509 e. The van der Waals surface area contributed by atoms with E-state index in [1.54, 1.807) is 41.0 Å². The van der Waals surface area contributed by atoms with E-state index < -0.39 is 125 Å². The number of carbonyl (C=O) groups excluding carboxylic acids is 5. The van der Waals surface area contributed by atoms with E-state index in [1.807, 2.05) is 109 Å². The van der Waals surface area contributed by atoms with E-state index in [-0.39, 0.29) is 43.8 Å². The van der Waals surface area contributed by atoms with Gasteiger partial charge in [-0.25, -0.2) is 4.79 Å². The number of rotatable bonds is 17. The number of ether oxygens (including phenoxy) is 11. The summed E-state index contributed by atoms with van der Waals surface area (Å²) in [6.07, 6.45) is -5.13. The number of thioether (sulfide) groups is 1. The summed E-state index contributed by atoms with van der Waals surface area (Å²) in [5.74, 6) is -5.21. The fraction of sp³-hybridized carbons (Fsp3) is 0.724. The van der Waals surface area contributed by atoms with Gasteiger partial charge >= 0.3 is 24.1 Å². The number of methoxy groups -OCH3 is 2. The van der Waals surface area contributed by atoms with E-state index >= 15 is 9.59 Å². The first kappa shape index (κ1) is 62.0. The molecule has 4 fully saturated rings. The van der Waals surface area contributed by atoms with E-state index in [2.05, 4.69) is 4.98 Å². The zero-order chi connectivity index (χ0) is 56.6. The molecule has 18 nitrogen and oxygen atoms in total. The van der Waals surface area contributed by atoms with Crippen LogP contribution in [0.1, 0.15) is 120 Å². The molecule has 0 radical (unpaired) electrons. The normalized spacial score (nSPS) is 38.2. The summed E-state index contributed by atoms with van der Waals surface area (Å²) < 4.78 is 70.6. The highest BCUT2D eigenvalue weighted by Crippen LogP contribution is 2.50. The summed E-state index contributed by atoms with van der Waals surface area (Å²) in [5.41, 5.74) is -2.20. The lowest BCUT2D eigenvalue weighted by molar-refractivity contribution is -0.320. The molecule has 4 aliphatic rings. The molecule has 5 heterocycles. The van der Waals surface area contributed by atoms with E-state index in [4.69, 9.17) is 52.1 Å². The molecule has 0 N–H and O–H groups in total. The number of nitrogens with zero attached hydrogens (tertiary/aromatic N) is 2. The molecule has 4 aliphatic heterocycles. The zero-order valence-corrected chi connectivity index (χ0v) is 48.7. The third-order valence-electron chi connectivity index (χ3n) is 16.5. The Labute approximate surface area is 460 Å². The van der Waals surface area contributed by atoms with Gasteiger partial charge in [-0.1, -0.05) is 64.1 Å². The van der Waals surface area contributed by atoms with Crippen LogP contribution in [-0.2, 0) is 84.3 Å². The number of hydrogen-bond acceptors (Lipinski definition) is 19. The summed E-state index contributed by atoms with van der Waals surface area (Å²) in [6.45, 7) is 19.5. The number of Topliss-reactive ketones (excluding diaryl/α,β-unsaturated/α-hetero) is 1. The number of hydrogen-bond donors (Lipinski definition) is 0. The third-order valence-corrected chi connectivity index (χ3v) is 17.9. The van der Waals surface area contributed by atoms with Crippen LogP contribution in [0, 0.1) is 29.6 Å². The quantitative estimate of drug-likeness (QED) is 0.0830. The summed E-state index contributed by atoms with van der Waals surface area (Å²) >= 11 is 1.45. The van der Waals surface area contributed by atoms with Crippen LogP contribution in [0.4, 0.5) is 4.79 Å². The molecule has 0 spiro atoms. The highest BCUT2D eigenvalue weighted by Gasteiger charge is 2.62. The number of aryl methyl sites for hydroxylation is 1. The molecule has 2 aromatic rings. The predicted molar refractivity (Wildman–Crippen MR) is 286 cm³/mol. The molecule has 0 bridgehead atoms. The van der Waals surface area contributed by atoms with Gasteiger partial charge in [0.25, 0.3) is 0 Å². The highest BCUT2D eigenvalue weighted by molar-refractivity contribution is 8.00. The van der Waals surface area contributed by atoms with E-state index in [1.165, 1.54) is 25.8 Å². The molecule has 0 amide bonds. The average Bonchev–Trinajstić information content (AvgIpc) is 3.71. The number of benzene rings is 1. The first-order valence-corrected chi connectivity index (χ1v) is 28.4. The molecular weight excluding hydrogens is 1010 g/mol. The molecule has 1 aromatic heterocycles. The smallest absolute Gasteiger partial charge is 0.458 e. The van der Waals surface area contributed by atoms with Gasteiger partial charge in [-0.3, -0.25) is 24.2 Å². The fourth-order valence-electron chi connectivity index (χ4n) is 12.3. The van der Waals surface area contributed by atoms with Crippen molar-refractivity contribution in [2.75, 3.05) is 34.1 Å². The van der Waals surface area contributed by atoms with Crippen molar-refractivity contribution in [1.82, 2.24) is 9.88 Å². The summed E-state index contributed by atoms with van der Waals surface area (Å²) in [6, 6.07) is 14.7. The predicted octanol–water partition coefficient (Wildman–Crippen LogP) is 8.32. The van der Waals surface area contributed by atoms with Gasteiger partial charge in [0.1, 0.15) is 29.3 Å². The van der Waals surface area contributed by atoms with Gasteiger partial charge in [0, 0.05) is 63.1 Å². The van der Waals surface area contributed by atoms with Crippen LogP contribution in [0.15, 0.2) is 54.7 Å². The molecule has 19 heteroatoms. The van der Waals surface area contributed by atoms with Crippen molar-refractivity contribution in [3.63, 3.8) is 0 Å². The number of esters is 3. The molecular formula is C58H86N2O16S. The van der Waals surface area contributed by atoms with Crippen LogP contribution in [-0.4, -0.2) is 157 Å². The number of pyridine rings is 1. The highest BCUT2D eigenvalue weighted by atomic mass is 32.2. The number of likely N-dealkylation sites (N-methyl/N-ethyl adjacent to an activating group) is 1. The van der Waals surface area contributed by atoms with Crippen molar-refractivity contribution in [3.8, 4) is 0 Å². The van der Waals surface area contributed by atoms with Gasteiger partial charge in [0.05, 0.1) is 42.0 Å². The monoisotopic (exact) mass is 1100 g/mol. The van der Waals surface area contributed by atoms with Crippen LogP contribution in [0.2, 0.25) is 0 Å². The Hall–Kier alpha value is -4.21. The summed E-state index contributed by atoms with van der Waals surface area (Å²) in [4.78, 5) is 77.3. The number of carbonyl (C=O) groups is 5. The third kappa shape index (κ3) is 14.6. The molecule has 0 saturated carbocycles. The van der Waals surface area contributed by atoms with Crippen LogP contribution in [0.5, 0.6) is 0 Å². The van der Waals surface area contributed by atoms with Crippen molar-refractivity contribution in [3.05, 3.63) is 66.0 Å². The average molecular weight is 1100 g/mol. The first-order chi connectivity index (χ1) is 36.4. The van der Waals surface area contributed by atoms with Crippen molar-refractivity contribution >= 4 is 41.6 Å². The van der Waals surface area contributed by atoms with Gasteiger partial charge in [0.2, 0.25) is 0 Å². The fourth-order valence-corrected chi connectivity index (χ4v) is 13.7. The lowest BCUT2D eigenvalue weighted by Crippen LogP contribution is -2.62. The van der Waals surface area contributed by atoms with Gasteiger partial charge in [-0.2, -0.15) is 0 Å². The van der Waals surface area contributed by atoms with Crippen LogP contribution < -0.4 is 0 Å². The Morgan fingerprint density at radius 3 is 2.12 bits per heavy atom. The van der Waals surface area contributed by atoms with Gasteiger partial charge in [-0.05, 0) is 111 Å². The Kier molecular flexibility index (Phi) is 21.6. The molecule has 77 heavy (non-hydrogen) atoms. The lowest BCUT2D eigenvalue weighted by atomic mass is 9.70. The number of aromatic nitrogens is 1. The summed E-state index contributed by atoms with van der Waals surface area (Å²) in [7, 11) is 6.85. The van der Waals surface area contributed by atoms with Crippen molar-refractivity contribution in [2.24, 2.45) is 29.6 Å². The standard InChI is InChI=1S/C58H86N2O16S/c1-16-43-58(11)45(49(53(64)76-58)77-28-22-26-41-25-20-21-27-59-41)35(4)46(62)33(2)30-56(9,66-14)50(74-54-48(71-39(8)61)42(60(12)13)29-34(3)69-54)36(5)47(37(6)52(63)72-43)73-44-31-57(10,67-15)51(38(7)70-44)75-55(65)68-32-40-23-18-17-19-24-40/h17-21,23-25,27,33-38,42-45,47-51,54H,16,22,26,28-32H2,1-15H3/t33-,34-,35-,36+,37-,38+,42+,43-,44+,45+,47+,48-,49+,50-,51+,54+,56-,57-,58-/m1/s1. The van der Waals surface area contributed by atoms with Crippen LogP contribution in [0.3, 0.4) is 0 Å². The minimum atomic E-state index is -1.40. The van der Waals surface area contributed by atoms with Crippen molar-refractivity contribution in [1.29, 1.82) is 0 Å². The van der Waals surface area contributed by atoms with E-state index in [0.29, 0.717) is 18.6 Å². The molecule has 0 unspecified atom stereocenters. The van der Waals surface area contributed by atoms with Crippen molar-refractivity contribution < 1.29 is 76.1 Å². The largest absolute Gasteiger partial charge is 0.509 e. The number of cyclic esters (lactones) is 1. The Morgan fingerprint density at radius 1 is 0.818 bits per heavy atom. The Bertz CT molecular complexity index is 2280. The second-order valence-electron chi connectivity index (χ2n) is 22.5. The number of ketones is 1. The van der Waals surface area contributed by atoms with Gasteiger partial charge in [-0.15, -0.1) is 11.8 Å². The molecule has 1 aromatic carbocycles. The first-order valence-electron chi connectivity index (χ1n) is 27.3. The van der Waals surface area contributed by atoms with Crippen LogP contribution >= 0.6 is 11.8 Å². The van der Waals surface area contributed by atoms with E-state index in [0.717, 1.165) is 17.7 Å². The molecule has 430 valence electrons. The minimum absolute atomic E-state index is 0.00356.